The first-order valence-electron chi connectivity index (χ1n) is 5.81. The van der Waals surface area contributed by atoms with E-state index >= 15 is 0 Å². The Hall–Kier alpha value is -1.73. The van der Waals surface area contributed by atoms with Gasteiger partial charge in [0, 0.05) is 23.2 Å². The molecule has 1 N–H and O–H groups in total. The van der Waals surface area contributed by atoms with Crippen molar-refractivity contribution >= 4 is 17.3 Å². The molecule has 0 saturated heterocycles. The van der Waals surface area contributed by atoms with Gasteiger partial charge in [-0.3, -0.25) is 4.79 Å². The zero-order valence-corrected chi connectivity index (χ0v) is 11.6. The van der Waals surface area contributed by atoms with Gasteiger partial charge in [0.1, 0.15) is 0 Å². The molecule has 0 saturated carbocycles. The SMILES string of the molecule is COC(=O)Cc1ccc(CNCc2noc(C)n2)s1. The van der Waals surface area contributed by atoms with Gasteiger partial charge in [-0.15, -0.1) is 11.3 Å². The number of methoxy groups -OCH3 is 1. The molecule has 0 amide bonds. The van der Waals surface area contributed by atoms with Crippen LogP contribution in [0.5, 0.6) is 0 Å². The van der Waals surface area contributed by atoms with Crippen molar-refractivity contribution in [1.82, 2.24) is 15.5 Å². The van der Waals surface area contributed by atoms with Gasteiger partial charge >= 0.3 is 5.97 Å². The molecule has 0 aliphatic rings. The highest BCUT2D eigenvalue weighted by Crippen LogP contribution is 2.17. The van der Waals surface area contributed by atoms with E-state index in [0.29, 0.717) is 31.2 Å². The van der Waals surface area contributed by atoms with Crippen LogP contribution in [0.25, 0.3) is 0 Å². The fourth-order valence-electron chi connectivity index (χ4n) is 1.54. The zero-order valence-electron chi connectivity index (χ0n) is 10.8. The summed E-state index contributed by atoms with van der Waals surface area (Å²) in [5, 5.41) is 7.02. The van der Waals surface area contributed by atoms with E-state index in [0.717, 1.165) is 9.75 Å². The number of aromatic nitrogens is 2. The molecule has 7 heteroatoms. The Bertz CT molecular complexity index is 550. The van der Waals surface area contributed by atoms with Gasteiger partial charge in [-0.1, -0.05) is 5.16 Å². The van der Waals surface area contributed by atoms with Crippen LogP contribution in [0.4, 0.5) is 0 Å². The van der Waals surface area contributed by atoms with Crippen molar-refractivity contribution in [2.24, 2.45) is 0 Å². The Balaban J connectivity index is 1.78. The quantitative estimate of drug-likeness (QED) is 0.807. The lowest BCUT2D eigenvalue weighted by Crippen LogP contribution is -2.12. The van der Waals surface area contributed by atoms with E-state index in [1.54, 1.807) is 18.3 Å². The Labute approximate surface area is 114 Å². The van der Waals surface area contributed by atoms with Gasteiger partial charge in [0.25, 0.3) is 0 Å². The standard InChI is InChI=1S/C12H15N3O3S/c1-8-14-11(15-18-8)7-13-6-10-4-3-9(19-10)5-12(16)17-2/h3-4,13H,5-7H2,1-2H3. The van der Waals surface area contributed by atoms with Crippen LogP contribution in [0.1, 0.15) is 21.5 Å². The van der Waals surface area contributed by atoms with Crippen LogP contribution in [0.3, 0.4) is 0 Å². The highest BCUT2D eigenvalue weighted by molar-refractivity contribution is 7.12. The second-order valence-electron chi connectivity index (χ2n) is 3.95. The number of rotatable bonds is 6. The number of carbonyl (C=O) groups is 1. The molecule has 2 aromatic rings. The van der Waals surface area contributed by atoms with Crippen LogP contribution >= 0.6 is 11.3 Å². The molecule has 0 aromatic carbocycles. The number of aryl methyl sites for hydroxylation is 1. The molecule has 102 valence electrons. The highest BCUT2D eigenvalue weighted by atomic mass is 32.1. The minimum Gasteiger partial charge on any atom is -0.469 e. The van der Waals surface area contributed by atoms with Crippen LogP contribution in [-0.4, -0.2) is 23.2 Å². The number of ether oxygens (including phenoxy) is 1. The van der Waals surface area contributed by atoms with E-state index < -0.39 is 0 Å². The number of nitrogens with zero attached hydrogens (tertiary/aromatic N) is 2. The van der Waals surface area contributed by atoms with Crippen LogP contribution in [-0.2, 0) is 29.0 Å². The Kier molecular flexibility index (Phi) is 4.64. The van der Waals surface area contributed by atoms with Crippen LogP contribution in [0.2, 0.25) is 0 Å². The maximum atomic E-state index is 11.1. The molecule has 0 bridgehead atoms. The van der Waals surface area contributed by atoms with E-state index in [1.165, 1.54) is 7.11 Å². The van der Waals surface area contributed by atoms with Crippen molar-refractivity contribution in [2.75, 3.05) is 7.11 Å². The predicted molar refractivity (Wildman–Crippen MR) is 69.6 cm³/mol. The number of esters is 1. The van der Waals surface area contributed by atoms with E-state index in [9.17, 15) is 4.79 Å². The average Bonchev–Trinajstić information content (AvgIpc) is 2.99. The maximum Gasteiger partial charge on any atom is 0.310 e. The summed E-state index contributed by atoms with van der Waals surface area (Å²) in [5.41, 5.74) is 0. The molecule has 19 heavy (non-hydrogen) atoms. The van der Waals surface area contributed by atoms with Crippen molar-refractivity contribution in [3.63, 3.8) is 0 Å². The van der Waals surface area contributed by atoms with Gasteiger partial charge in [0.05, 0.1) is 20.1 Å². The van der Waals surface area contributed by atoms with E-state index in [1.807, 2.05) is 12.1 Å². The number of thiophene rings is 1. The summed E-state index contributed by atoms with van der Waals surface area (Å²) in [6, 6.07) is 3.94. The summed E-state index contributed by atoms with van der Waals surface area (Å²) in [5.74, 6) is 0.987. The first-order valence-corrected chi connectivity index (χ1v) is 6.63. The van der Waals surface area contributed by atoms with Crippen molar-refractivity contribution in [3.8, 4) is 0 Å². The molecule has 2 aromatic heterocycles. The average molecular weight is 281 g/mol. The summed E-state index contributed by atoms with van der Waals surface area (Å²) in [6.07, 6.45) is 0.325. The number of carbonyl (C=O) groups excluding carboxylic acids is 1. The lowest BCUT2D eigenvalue weighted by atomic mass is 10.3. The molecule has 2 heterocycles. The molecule has 0 aliphatic heterocycles. The first kappa shape index (κ1) is 13.7. The first-order chi connectivity index (χ1) is 9.17. The predicted octanol–water partition coefficient (Wildman–Crippen LogP) is 1.44. The smallest absolute Gasteiger partial charge is 0.310 e. The molecule has 0 unspecified atom stereocenters. The fraction of sp³-hybridized carbons (Fsp3) is 0.417. The molecule has 0 fully saturated rings. The third-order valence-electron chi connectivity index (χ3n) is 2.42. The third kappa shape index (κ3) is 4.15. The van der Waals surface area contributed by atoms with Gasteiger partial charge in [-0.05, 0) is 12.1 Å². The summed E-state index contributed by atoms with van der Waals surface area (Å²) in [7, 11) is 1.39. The topological polar surface area (TPSA) is 77.2 Å². The van der Waals surface area contributed by atoms with Crippen molar-refractivity contribution in [1.29, 1.82) is 0 Å². The molecule has 0 radical (unpaired) electrons. The lowest BCUT2D eigenvalue weighted by Gasteiger charge is -1.98. The van der Waals surface area contributed by atoms with E-state index in [2.05, 4.69) is 20.2 Å². The van der Waals surface area contributed by atoms with Gasteiger partial charge in [0.2, 0.25) is 5.89 Å². The Morgan fingerprint density at radius 3 is 2.89 bits per heavy atom. The molecule has 0 spiro atoms. The van der Waals surface area contributed by atoms with Gasteiger partial charge in [0.15, 0.2) is 5.82 Å². The third-order valence-corrected chi connectivity index (χ3v) is 3.50. The van der Waals surface area contributed by atoms with Gasteiger partial charge < -0.3 is 14.6 Å². The fourth-order valence-corrected chi connectivity index (χ4v) is 2.51. The molecule has 6 nitrogen and oxygen atoms in total. The van der Waals surface area contributed by atoms with Crippen molar-refractivity contribution in [2.45, 2.75) is 26.4 Å². The van der Waals surface area contributed by atoms with E-state index in [4.69, 9.17) is 4.52 Å². The lowest BCUT2D eigenvalue weighted by molar-refractivity contribution is -0.139. The zero-order chi connectivity index (χ0) is 13.7. The monoisotopic (exact) mass is 281 g/mol. The van der Waals surface area contributed by atoms with Crippen LogP contribution < -0.4 is 5.32 Å². The van der Waals surface area contributed by atoms with Gasteiger partial charge in [-0.2, -0.15) is 4.98 Å². The Morgan fingerprint density at radius 2 is 2.21 bits per heavy atom. The van der Waals surface area contributed by atoms with Gasteiger partial charge in [-0.25, -0.2) is 0 Å². The molecule has 2 rings (SSSR count). The van der Waals surface area contributed by atoms with E-state index in [-0.39, 0.29) is 5.97 Å². The minimum atomic E-state index is -0.219. The largest absolute Gasteiger partial charge is 0.469 e. The molecular weight excluding hydrogens is 266 g/mol. The summed E-state index contributed by atoms with van der Waals surface area (Å²) in [6.45, 7) is 3.02. The summed E-state index contributed by atoms with van der Waals surface area (Å²) >= 11 is 1.59. The van der Waals surface area contributed by atoms with Crippen LogP contribution in [0.15, 0.2) is 16.7 Å². The highest BCUT2D eigenvalue weighted by Gasteiger charge is 2.06. The number of nitrogens with one attached hydrogen (secondary N) is 1. The maximum absolute atomic E-state index is 11.1. The van der Waals surface area contributed by atoms with Crippen molar-refractivity contribution < 1.29 is 14.1 Å². The Morgan fingerprint density at radius 1 is 1.42 bits per heavy atom. The molecule has 0 aliphatic carbocycles. The summed E-state index contributed by atoms with van der Waals surface area (Å²) in [4.78, 5) is 17.4. The van der Waals surface area contributed by atoms with Crippen LogP contribution in [0, 0.1) is 6.92 Å². The normalized spacial score (nSPS) is 10.6. The summed E-state index contributed by atoms with van der Waals surface area (Å²) < 4.78 is 9.51. The number of hydrogen-bond donors (Lipinski definition) is 1. The molecule has 0 atom stereocenters. The number of hydrogen-bond acceptors (Lipinski definition) is 7. The molecular formula is C12H15N3O3S. The van der Waals surface area contributed by atoms with Crippen molar-refractivity contribution in [3.05, 3.63) is 33.6 Å². The second kappa shape index (κ2) is 6.44. The second-order valence-corrected chi connectivity index (χ2v) is 5.21. The minimum absolute atomic E-state index is 0.219.